The monoisotopic (exact) mass is 430 g/mol. The first-order valence-corrected chi connectivity index (χ1v) is 12.0. The fourth-order valence-electron chi connectivity index (χ4n) is 3.86. The summed E-state index contributed by atoms with van der Waals surface area (Å²) >= 11 is 1.76. The number of ether oxygens (including phenoxy) is 2. The maximum Gasteiger partial charge on any atom is 0.243 e. The van der Waals surface area contributed by atoms with Gasteiger partial charge in [0.2, 0.25) is 10.0 Å². The van der Waals surface area contributed by atoms with Gasteiger partial charge in [-0.2, -0.15) is 4.31 Å². The molecule has 0 amide bonds. The molecule has 5 rings (SSSR count). The molecule has 0 N–H and O–H groups in total. The molecule has 2 aliphatic heterocycles. The summed E-state index contributed by atoms with van der Waals surface area (Å²) in [5.41, 5.74) is 1.31. The standard InChI is InChI=1S/C21H22N2O4S2/c24-29(25,17-5-6-19-20(13-17)27-12-11-26-19)23-9-7-22(8-10-23)14-16-15-28-21-4-2-1-3-18(16)21/h1-6,13,15H,7-12,14H2. The SMILES string of the molecule is O=S(=O)(c1ccc2c(c1)OCCO2)N1CCN(Cc2csc3ccccc23)CC1. The molecule has 0 bridgehead atoms. The van der Waals surface area contributed by atoms with E-state index in [1.807, 2.05) is 0 Å². The molecule has 0 atom stereocenters. The lowest BCUT2D eigenvalue weighted by atomic mass is 10.1. The Kier molecular flexibility index (Phi) is 4.95. The van der Waals surface area contributed by atoms with Crippen molar-refractivity contribution in [2.45, 2.75) is 11.4 Å². The van der Waals surface area contributed by atoms with Crippen molar-refractivity contribution in [2.24, 2.45) is 0 Å². The topological polar surface area (TPSA) is 59.1 Å². The third kappa shape index (κ3) is 3.61. The summed E-state index contributed by atoms with van der Waals surface area (Å²) in [4.78, 5) is 2.59. The Labute approximate surface area is 174 Å². The highest BCUT2D eigenvalue weighted by Gasteiger charge is 2.30. The van der Waals surface area contributed by atoms with Crippen LogP contribution in [-0.4, -0.2) is 57.0 Å². The van der Waals surface area contributed by atoms with Crippen LogP contribution < -0.4 is 9.47 Å². The second-order valence-electron chi connectivity index (χ2n) is 7.24. The summed E-state index contributed by atoms with van der Waals surface area (Å²) in [6.07, 6.45) is 0. The number of sulfonamides is 1. The molecule has 0 radical (unpaired) electrons. The normalized spacial score (nSPS) is 18.2. The van der Waals surface area contributed by atoms with Gasteiger partial charge in [0.05, 0.1) is 4.90 Å². The molecule has 2 aromatic carbocycles. The van der Waals surface area contributed by atoms with Crippen molar-refractivity contribution in [3.8, 4) is 11.5 Å². The van der Waals surface area contributed by atoms with Crippen LogP contribution in [0.15, 0.2) is 52.7 Å². The molecule has 1 saturated heterocycles. The van der Waals surface area contributed by atoms with Crippen molar-refractivity contribution in [2.75, 3.05) is 39.4 Å². The Balaban J connectivity index is 1.27. The van der Waals surface area contributed by atoms with E-state index in [9.17, 15) is 8.42 Å². The second-order valence-corrected chi connectivity index (χ2v) is 10.1. The van der Waals surface area contributed by atoms with Crippen molar-refractivity contribution < 1.29 is 17.9 Å². The molecule has 29 heavy (non-hydrogen) atoms. The number of thiophene rings is 1. The van der Waals surface area contributed by atoms with E-state index < -0.39 is 10.0 Å². The first kappa shape index (κ1) is 18.9. The van der Waals surface area contributed by atoms with E-state index in [4.69, 9.17) is 9.47 Å². The molecule has 8 heteroatoms. The highest BCUT2D eigenvalue weighted by Crippen LogP contribution is 2.33. The molecule has 152 valence electrons. The van der Waals surface area contributed by atoms with Gasteiger partial charge in [-0.05, 0) is 34.5 Å². The van der Waals surface area contributed by atoms with Crippen LogP contribution in [0, 0.1) is 0 Å². The number of hydrogen-bond donors (Lipinski definition) is 0. The molecule has 6 nitrogen and oxygen atoms in total. The van der Waals surface area contributed by atoms with Gasteiger partial charge >= 0.3 is 0 Å². The summed E-state index contributed by atoms with van der Waals surface area (Å²) in [5.74, 6) is 1.10. The molecule has 1 fully saturated rings. The lowest BCUT2D eigenvalue weighted by Crippen LogP contribution is -2.48. The molecule has 3 heterocycles. The van der Waals surface area contributed by atoms with E-state index in [1.54, 1.807) is 33.8 Å². The Bertz CT molecular complexity index is 1130. The minimum absolute atomic E-state index is 0.263. The number of rotatable bonds is 4. The maximum atomic E-state index is 13.1. The van der Waals surface area contributed by atoms with Gasteiger partial charge in [-0.1, -0.05) is 18.2 Å². The van der Waals surface area contributed by atoms with Crippen LogP contribution >= 0.6 is 11.3 Å². The predicted octanol–water partition coefficient (Wildman–Crippen LogP) is 3.18. The van der Waals surface area contributed by atoms with Gasteiger partial charge in [0, 0.05) is 43.5 Å². The highest BCUT2D eigenvalue weighted by atomic mass is 32.2. The largest absolute Gasteiger partial charge is 0.486 e. The number of piperazine rings is 1. The fraction of sp³-hybridized carbons (Fsp3) is 0.333. The number of fused-ring (bicyclic) bond motifs is 2. The first-order valence-electron chi connectivity index (χ1n) is 9.68. The van der Waals surface area contributed by atoms with Crippen molar-refractivity contribution in [1.82, 2.24) is 9.21 Å². The zero-order valence-corrected chi connectivity index (χ0v) is 17.5. The zero-order valence-electron chi connectivity index (χ0n) is 15.9. The van der Waals surface area contributed by atoms with E-state index in [0.717, 1.165) is 6.54 Å². The van der Waals surface area contributed by atoms with Crippen LogP contribution in [0.25, 0.3) is 10.1 Å². The van der Waals surface area contributed by atoms with Crippen LogP contribution in [0.4, 0.5) is 0 Å². The van der Waals surface area contributed by atoms with Crippen molar-refractivity contribution in [3.63, 3.8) is 0 Å². The van der Waals surface area contributed by atoms with Gasteiger partial charge < -0.3 is 9.47 Å². The van der Waals surface area contributed by atoms with Gasteiger partial charge in [0.1, 0.15) is 13.2 Å². The minimum Gasteiger partial charge on any atom is -0.486 e. The molecule has 0 unspecified atom stereocenters. The predicted molar refractivity (Wildman–Crippen MR) is 113 cm³/mol. The molecule has 0 saturated carbocycles. The van der Waals surface area contributed by atoms with Gasteiger partial charge in [-0.15, -0.1) is 11.3 Å². The average molecular weight is 431 g/mol. The average Bonchev–Trinajstić information content (AvgIpc) is 3.17. The Morgan fingerprint density at radius 2 is 1.69 bits per heavy atom. The van der Waals surface area contributed by atoms with E-state index in [1.165, 1.54) is 15.6 Å². The molecule has 3 aromatic rings. The maximum absolute atomic E-state index is 13.1. The Morgan fingerprint density at radius 3 is 2.52 bits per heavy atom. The summed E-state index contributed by atoms with van der Waals surface area (Å²) in [6.45, 7) is 4.18. The van der Waals surface area contributed by atoms with Gasteiger partial charge in [0.15, 0.2) is 11.5 Å². The minimum atomic E-state index is -3.54. The summed E-state index contributed by atoms with van der Waals surface area (Å²) < 4.78 is 40.1. The van der Waals surface area contributed by atoms with Crippen LogP contribution in [0.1, 0.15) is 5.56 Å². The van der Waals surface area contributed by atoms with Crippen molar-refractivity contribution >= 4 is 31.4 Å². The number of hydrogen-bond acceptors (Lipinski definition) is 6. The van der Waals surface area contributed by atoms with E-state index >= 15 is 0 Å². The van der Waals surface area contributed by atoms with Gasteiger partial charge in [-0.25, -0.2) is 8.42 Å². The second kappa shape index (κ2) is 7.60. The molecular formula is C21H22N2O4S2. The number of nitrogens with zero attached hydrogens (tertiary/aromatic N) is 2. The van der Waals surface area contributed by atoms with Crippen LogP contribution in [0.2, 0.25) is 0 Å². The van der Waals surface area contributed by atoms with E-state index in [2.05, 4.69) is 34.5 Å². The quantitative estimate of drug-likeness (QED) is 0.636. The third-order valence-electron chi connectivity index (χ3n) is 5.44. The van der Waals surface area contributed by atoms with Crippen LogP contribution in [0.5, 0.6) is 11.5 Å². The van der Waals surface area contributed by atoms with Crippen LogP contribution in [-0.2, 0) is 16.6 Å². The zero-order chi connectivity index (χ0) is 19.8. The molecule has 0 aliphatic carbocycles. The molecule has 2 aliphatic rings. The summed E-state index contributed by atoms with van der Waals surface area (Å²) in [6, 6.07) is 13.3. The molecule has 1 aromatic heterocycles. The van der Waals surface area contributed by atoms with E-state index in [0.29, 0.717) is 50.9 Å². The lowest BCUT2D eigenvalue weighted by molar-refractivity contribution is 0.170. The smallest absolute Gasteiger partial charge is 0.243 e. The lowest BCUT2D eigenvalue weighted by Gasteiger charge is -2.34. The van der Waals surface area contributed by atoms with Gasteiger partial charge in [-0.3, -0.25) is 4.90 Å². The third-order valence-corrected chi connectivity index (χ3v) is 8.34. The number of benzene rings is 2. The first-order chi connectivity index (χ1) is 14.1. The van der Waals surface area contributed by atoms with E-state index in [-0.39, 0.29) is 4.90 Å². The Morgan fingerprint density at radius 1 is 0.931 bits per heavy atom. The molecule has 0 spiro atoms. The van der Waals surface area contributed by atoms with Crippen LogP contribution in [0.3, 0.4) is 0 Å². The fourth-order valence-corrected chi connectivity index (χ4v) is 6.25. The summed E-state index contributed by atoms with van der Waals surface area (Å²) in [7, 11) is -3.54. The van der Waals surface area contributed by atoms with Gasteiger partial charge in [0.25, 0.3) is 0 Å². The van der Waals surface area contributed by atoms with Crippen molar-refractivity contribution in [3.05, 3.63) is 53.4 Å². The Hall–Kier alpha value is -2.13. The van der Waals surface area contributed by atoms with Crippen molar-refractivity contribution in [1.29, 1.82) is 0 Å². The highest BCUT2D eigenvalue weighted by molar-refractivity contribution is 7.89. The summed E-state index contributed by atoms with van der Waals surface area (Å²) in [5, 5.41) is 3.51. The molecular weight excluding hydrogens is 408 g/mol.